The Labute approximate surface area is 323 Å². The third-order valence-electron chi connectivity index (χ3n) is 9.06. The van der Waals surface area contributed by atoms with E-state index in [-0.39, 0.29) is 25.4 Å². The summed E-state index contributed by atoms with van der Waals surface area (Å²) >= 11 is 0. The summed E-state index contributed by atoms with van der Waals surface area (Å²) in [5, 5.41) is 0. The van der Waals surface area contributed by atoms with E-state index in [4.69, 9.17) is 28.4 Å². The molecule has 0 aromatic heterocycles. The van der Waals surface area contributed by atoms with Gasteiger partial charge in [-0.15, -0.1) is 0 Å². The third kappa shape index (κ3) is 11.5. The van der Waals surface area contributed by atoms with E-state index in [1.165, 1.54) is 0 Å². The molecule has 5 aromatic rings. The van der Waals surface area contributed by atoms with E-state index in [9.17, 15) is 9.59 Å². The molecule has 8 nitrogen and oxygen atoms in total. The molecule has 0 N–H and O–H groups in total. The second kappa shape index (κ2) is 20.8. The summed E-state index contributed by atoms with van der Waals surface area (Å²) in [6.07, 6.45) is -2.55. The van der Waals surface area contributed by atoms with Gasteiger partial charge in [0.05, 0.1) is 37.6 Å². The Morgan fingerprint density at radius 1 is 0.600 bits per heavy atom. The Kier molecular flexibility index (Phi) is 14.8. The molecule has 1 saturated heterocycles. The lowest BCUT2D eigenvalue weighted by Gasteiger charge is -2.45. The van der Waals surface area contributed by atoms with Crippen molar-refractivity contribution in [3.05, 3.63) is 179 Å². The number of unbranched alkanes of at least 4 members (excludes halogenated alkanes) is 2. The predicted molar refractivity (Wildman–Crippen MR) is 209 cm³/mol. The fourth-order valence-electron chi connectivity index (χ4n) is 6.15. The first-order valence-corrected chi connectivity index (χ1v) is 18.7. The van der Waals surface area contributed by atoms with Crippen LogP contribution < -0.4 is 0 Å². The zero-order valence-electron chi connectivity index (χ0n) is 31.0. The molecule has 5 atom stereocenters. The molecule has 0 spiro atoms. The normalized spacial score (nSPS) is 19.1. The maximum Gasteiger partial charge on any atom is 0.341 e. The molecule has 1 heterocycles. The van der Waals surface area contributed by atoms with E-state index in [1.54, 1.807) is 42.5 Å². The SMILES string of the molecule is CCCCC#Cc1ccccc1C(=O)OC1O[C@H](COCc2ccccc2)[C@@H](OCc2ccccc2)[C@H](OCc2ccccc2)[C@H]1OC(=O)c1ccccc1. The molecule has 0 aliphatic carbocycles. The van der Waals surface area contributed by atoms with Crippen molar-refractivity contribution in [2.24, 2.45) is 0 Å². The number of rotatable bonds is 16. The highest BCUT2D eigenvalue weighted by atomic mass is 16.7. The number of benzene rings is 5. The summed E-state index contributed by atoms with van der Waals surface area (Å²) in [4.78, 5) is 27.9. The van der Waals surface area contributed by atoms with Gasteiger partial charge in [0.25, 0.3) is 0 Å². The highest BCUT2D eigenvalue weighted by molar-refractivity contribution is 5.92. The fraction of sp³-hybridized carbons (Fsp3) is 0.277. The van der Waals surface area contributed by atoms with Crippen molar-refractivity contribution in [2.75, 3.05) is 6.61 Å². The quantitative estimate of drug-likeness (QED) is 0.0565. The summed E-state index contributed by atoms with van der Waals surface area (Å²) in [5.74, 6) is 4.97. The monoisotopic (exact) mass is 738 g/mol. The zero-order valence-corrected chi connectivity index (χ0v) is 31.0. The Hall–Kier alpha value is -5.56. The maximum atomic E-state index is 14.1. The van der Waals surface area contributed by atoms with Gasteiger partial charge in [0.2, 0.25) is 6.29 Å². The second-order valence-electron chi connectivity index (χ2n) is 13.2. The Balaban J connectivity index is 1.36. The van der Waals surface area contributed by atoms with Crippen LogP contribution in [-0.4, -0.2) is 49.3 Å². The molecular weight excluding hydrogens is 693 g/mol. The molecule has 8 heteroatoms. The topological polar surface area (TPSA) is 89.5 Å². The summed E-state index contributed by atoms with van der Waals surface area (Å²) in [6.45, 7) is 2.84. The van der Waals surface area contributed by atoms with Gasteiger partial charge in [0.15, 0.2) is 6.10 Å². The van der Waals surface area contributed by atoms with Crippen LogP contribution in [0.5, 0.6) is 0 Å². The van der Waals surface area contributed by atoms with Crippen LogP contribution in [0.1, 0.15) is 69.2 Å². The van der Waals surface area contributed by atoms with Crippen LogP contribution in [0, 0.1) is 11.8 Å². The number of ether oxygens (including phenoxy) is 6. The zero-order chi connectivity index (χ0) is 38.1. The van der Waals surface area contributed by atoms with Gasteiger partial charge in [-0.1, -0.05) is 147 Å². The van der Waals surface area contributed by atoms with Gasteiger partial charge in [-0.25, -0.2) is 9.59 Å². The summed E-state index contributed by atoms with van der Waals surface area (Å²) in [5.41, 5.74) is 3.91. The van der Waals surface area contributed by atoms with Gasteiger partial charge < -0.3 is 28.4 Å². The van der Waals surface area contributed by atoms with Crippen LogP contribution in [0.15, 0.2) is 146 Å². The highest BCUT2D eigenvalue weighted by Gasteiger charge is 2.51. The van der Waals surface area contributed by atoms with Crippen molar-refractivity contribution < 1.29 is 38.0 Å². The smallest absolute Gasteiger partial charge is 0.341 e. The number of hydrogen-bond acceptors (Lipinski definition) is 8. The first-order valence-electron chi connectivity index (χ1n) is 18.7. The molecule has 6 rings (SSSR count). The third-order valence-corrected chi connectivity index (χ3v) is 9.06. The number of hydrogen-bond donors (Lipinski definition) is 0. The Morgan fingerprint density at radius 3 is 1.76 bits per heavy atom. The average molecular weight is 739 g/mol. The van der Waals surface area contributed by atoms with Gasteiger partial charge in [-0.3, -0.25) is 0 Å². The van der Waals surface area contributed by atoms with E-state index < -0.39 is 42.6 Å². The van der Waals surface area contributed by atoms with Crippen LogP contribution in [-0.2, 0) is 48.2 Å². The molecule has 5 aromatic carbocycles. The van der Waals surface area contributed by atoms with Crippen molar-refractivity contribution >= 4 is 11.9 Å². The number of esters is 2. The minimum Gasteiger partial charge on any atom is -0.449 e. The van der Waals surface area contributed by atoms with Crippen LogP contribution in [0.3, 0.4) is 0 Å². The molecule has 0 bridgehead atoms. The van der Waals surface area contributed by atoms with E-state index in [0.29, 0.717) is 24.2 Å². The lowest BCUT2D eigenvalue weighted by molar-refractivity contribution is -0.304. The van der Waals surface area contributed by atoms with Crippen molar-refractivity contribution in [1.29, 1.82) is 0 Å². The highest BCUT2D eigenvalue weighted by Crippen LogP contribution is 2.32. The number of carbonyl (C=O) groups excluding carboxylic acids is 2. The fourth-order valence-corrected chi connectivity index (χ4v) is 6.15. The van der Waals surface area contributed by atoms with Gasteiger partial charge in [0, 0.05) is 12.0 Å². The summed E-state index contributed by atoms with van der Waals surface area (Å²) in [6, 6.07) is 44.8. The van der Waals surface area contributed by atoms with Crippen molar-refractivity contribution in [3.8, 4) is 11.8 Å². The molecule has 0 saturated carbocycles. The van der Waals surface area contributed by atoms with Gasteiger partial charge >= 0.3 is 11.9 Å². The van der Waals surface area contributed by atoms with Gasteiger partial charge in [0.1, 0.15) is 18.3 Å². The van der Waals surface area contributed by atoms with E-state index in [1.807, 2.05) is 103 Å². The minimum absolute atomic E-state index is 0.0619. The first-order chi connectivity index (χ1) is 27.1. The van der Waals surface area contributed by atoms with E-state index in [0.717, 1.165) is 29.5 Å². The van der Waals surface area contributed by atoms with Crippen LogP contribution in [0.4, 0.5) is 0 Å². The standard InChI is InChI=1S/C47H46O8/c1-2-3-4-15-26-38-27-18-19-30-40(38)46(49)55-47-44(54-45(48)39-28-16-8-17-29-39)43(52-33-37-24-13-7-14-25-37)42(51-32-36-22-11-6-12-23-36)41(53-47)34-50-31-35-20-9-5-10-21-35/h5-14,16-25,27-30,41-44,47H,2-4,31-34H2,1H3/t41-,42-,43+,44-,47?/m1/s1. The van der Waals surface area contributed by atoms with Crippen LogP contribution >= 0.6 is 0 Å². The van der Waals surface area contributed by atoms with Gasteiger partial charge in [-0.05, 0) is 47.4 Å². The van der Waals surface area contributed by atoms with Gasteiger partial charge in [-0.2, -0.15) is 0 Å². The molecule has 55 heavy (non-hydrogen) atoms. The predicted octanol–water partition coefficient (Wildman–Crippen LogP) is 8.72. The molecule has 1 unspecified atom stereocenters. The van der Waals surface area contributed by atoms with Crippen LogP contribution in [0.2, 0.25) is 0 Å². The molecule has 0 amide bonds. The lowest BCUT2D eigenvalue weighted by atomic mass is 9.97. The summed E-state index contributed by atoms with van der Waals surface area (Å²) in [7, 11) is 0. The van der Waals surface area contributed by atoms with E-state index >= 15 is 0 Å². The van der Waals surface area contributed by atoms with Crippen molar-refractivity contribution in [3.63, 3.8) is 0 Å². The molecule has 1 fully saturated rings. The minimum atomic E-state index is -1.40. The lowest BCUT2D eigenvalue weighted by Crippen LogP contribution is -2.62. The van der Waals surface area contributed by atoms with Crippen molar-refractivity contribution in [2.45, 2.75) is 76.7 Å². The summed E-state index contributed by atoms with van der Waals surface area (Å²) < 4.78 is 38.6. The molecular formula is C47H46O8. The average Bonchev–Trinajstić information content (AvgIpc) is 3.23. The first kappa shape index (κ1) is 39.1. The molecule has 282 valence electrons. The van der Waals surface area contributed by atoms with Crippen molar-refractivity contribution in [1.82, 2.24) is 0 Å². The largest absolute Gasteiger partial charge is 0.449 e. The number of carbonyl (C=O) groups is 2. The maximum absolute atomic E-state index is 14.1. The molecule has 0 radical (unpaired) electrons. The van der Waals surface area contributed by atoms with E-state index in [2.05, 4.69) is 18.8 Å². The Morgan fingerprint density at radius 2 is 1.15 bits per heavy atom. The molecule has 1 aliphatic heterocycles. The van der Waals surface area contributed by atoms with Crippen LogP contribution in [0.25, 0.3) is 0 Å². The molecule has 1 aliphatic rings. The second-order valence-corrected chi connectivity index (χ2v) is 13.2. The Bertz CT molecular complexity index is 1980.